The molecule has 0 unspecified atom stereocenters. The van der Waals surface area contributed by atoms with Crippen LogP contribution in [0.4, 0.5) is 0 Å². The number of pyridine rings is 1. The number of hydrogen-bond acceptors (Lipinski definition) is 7. The number of aliphatic hydroxyl groups is 2. The summed E-state index contributed by atoms with van der Waals surface area (Å²) in [5.74, 6) is -1.89. The maximum Gasteiger partial charge on any atom is 0.234 e. The van der Waals surface area contributed by atoms with Crippen molar-refractivity contribution in [3.05, 3.63) is 107 Å². The highest BCUT2D eigenvalue weighted by molar-refractivity contribution is 6.06. The summed E-state index contributed by atoms with van der Waals surface area (Å²) in [5, 5.41) is 32.7. The molecule has 2 amide bonds. The van der Waals surface area contributed by atoms with Crippen LogP contribution in [0.25, 0.3) is 11.6 Å². The highest BCUT2D eigenvalue weighted by atomic mass is 16.3. The number of phenolic OH excluding ortho intramolecular Hbond substituents is 1. The molecule has 4 atom stereocenters. The van der Waals surface area contributed by atoms with E-state index >= 15 is 0 Å². The number of phenols is 1. The van der Waals surface area contributed by atoms with E-state index in [1.54, 1.807) is 24.4 Å². The van der Waals surface area contributed by atoms with Crippen LogP contribution in [0, 0.1) is 17.8 Å². The van der Waals surface area contributed by atoms with E-state index in [9.17, 15) is 24.9 Å². The Morgan fingerprint density at radius 2 is 1.77 bits per heavy atom. The molecular formula is C40H47N3O5. The van der Waals surface area contributed by atoms with Crippen molar-refractivity contribution in [1.29, 1.82) is 0 Å². The van der Waals surface area contributed by atoms with E-state index in [0.29, 0.717) is 25.7 Å². The molecule has 1 aliphatic carbocycles. The Balaban J connectivity index is 1.19. The first-order valence-corrected chi connectivity index (χ1v) is 17.4. The Labute approximate surface area is 283 Å². The van der Waals surface area contributed by atoms with Gasteiger partial charge < -0.3 is 15.3 Å². The van der Waals surface area contributed by atoms with Gasteiger partial charge >= 0.3 is 0 Å². The smallest absolute Gasteiger partial charge is 0.234 e. The molecule has 8 heteroatoms. The lowest BCUT2D eigenvalue weighted by Crippen LogP contribution is -2.47. The highest BCUT2D eigenvalue weighted by Gasteiger charge is 2.56. The van der Waals surface area contributed by atoms with E-state index in [-0.39, 0.29) is 30.2 Å². The first-order chi connectivity index (χ1) is 23.4. The van der Waals surface area contributed by atoms with Crippen LogP contribution in [-0.4, -0.2) is 73.8 Å². The van der Waals surface area contributed by atoms with E-state index in [1.807, 2.05) is 48.5 Å². The van der Waals surface area contributed by atoms with E-state index in [2.05, 4.69) is 28.9 Å². The molecule has 6 rings (SSSR count). The van der Waals surface area contributed by atoms with Crippen LogP contribution in [0.15, 0.2) is 90.1 Å². The van der Waals surface area contributed by atoms with Gasteiger partial charge in [-0.25, -0.2) is 0 Å². The van der Waals surface area contributed by atoms with Crippen LogP contribution >= 0.6 is 0 Å². The van der Waals surface area contributed by atoms with E-state index < -0.39 is 23.9 Å². The molecule has 1 aromatic heterocycles. The molecule has 252 valence electrons. The number of rotatable bonds is 12. The van der Waals surface area contributed by atoms with Crippen LogP contribution in [0.3, 0.4) is 0 Å². The van der Waals surface area contributed by atoms with Crippen molar-refractivity contribution >= 4 is 23.5 Å². The van der Waals surface area contributed by atoms with Crippen molar-refractivity contribution in [2.75, 3.05) is 19.7 Å². The topological polar surface area (TPSA) is 114 Å². The predicted molar refractivity (Wildman–Crippen MR) is 186 cm³/mol. The lowest BCUT2D eigenvalue weighted by atomic mass is 9.67. The molecule has 3 N–H and O–H groups in total. The van der Waals surface area contributed by atoms with Gasteiger partial charge in [-0.3, -0.25) is 24.4 Å². The molecular weight excluding hydrogens is 602 g/mol. The minimum Gasteiger partial charge on any atom is -0.508 e. The lowest BCUT2D eigenvalue weighted by Gasteiger charge is -2.37. The number of hydrogen-bond donors (Lipinski definition) is 3. The zero-order chi connectivity index (χ0) is 33.6. The van der Waals surface area contributed by atoms with Crippen LogP contribution < -0.4 is 0 Å². The summed E-state index contributed by atoms with van der Waals surface area (Å²) in [6.07, 6.45) is 7.13. The minimum atomic E-state index is -0.890. The van der Waals surface area contributed by atoms with Gasteiger partial charge in [-0.2, -0.15) is 0 Å². The minimum absolute atomic E-state index is 0.112. The molecule has 2 saturated heterocycles. The van der Waals surface area contributed by atoms with Crippen LogP contribution in [-0.2, 0) is 16.1 Å². The first-order valence-electron chi connectivity index (χ1n) is 17.4. The Bertz CT molecular complexity index is 1630. The van der Waals surface area contributed by atoms with Crippen LogP contribution in [0.2, 0.25) is 0 Å². The molecule has 2 fully saturated rings. The third-order valence-electron chi connectivity index (χ3n) is 10.4. The number of aromatic hydroxyl groups is 1. The summed E-state index contributed by atoms with van der Waals surface area (Å²) in [6.45, 7) is 4.26. The molecule has 0 bridgehead atoms. The number of benzene rings is 2. The highest BCUT2D eigenvalue weighted by Crippen LogP contribution is 2.48. The molecule has 3 heterocycles. The average Bonchev–Trinajstić information content (AvgIpc) is 3.35. The maximum absolute atomic E-state index is 14.1. The number of allylic oxidation sites excluding steroid dienone is 2. The van der Waals surface area contributed by atoms with Gasteiger partial charge in [0, 0.05) is 37.8 Å². The molecule has 48 heavy (non-hydrogen) atoms. The lowest BCUT2D eigenvalue weighted by molar-refractivity contribution is -0.144. The second-order valence-corrected chi connectivity index (χ2v) is 13.5. The maximum atomic E-state index is 14.1. The number of piperidine rings is 1. The second-order valence-electron chi connectivity index (χ2n) is 13.5. The molecule has 0 spiro atoms. The van der Waals surface area contributed by atoms with Crippen LogP contribution in [0.5, 0.6) is 5.75 Å². The number of nitrogens with zero attached hydrogens (tertiary/aromatic N) is 3. The van der Waals surface area contributed by atoms with Gasteiger partial charge in [-0.1, -0.05) is 67.4 Å². The normalized spacial score (nSPS) is 23.1. The molecule has 2 aliphatic heterocycles. The quantitative estimate of drug-likeness (QED) is 0.167. The second kappa shape index (κ2) is 15.4. The van der Waals surface area contributed by atoms with Gasteiger partial charge in [0.1, 0.15) is 5.75 Å². The number of likely N-dealkylation sites (tertiary alicyclic amines) is 2. The zero-order valence-electron chi connectivity index (χ0n) is 27.7. The Hall–Kier alpha value is -4.11. The first kappa shape index (κ1) is 33.8. The summed E-state index contributed by atoms with van der Waals surface area (Å²) in [5.41, 5.74) is 5.50. The van der Waals surface area contributed by atoms with Crippen LogP contribution in [0.1, 0.15) is 68.7 Å². The summed E-state index contributed by atoms with van der Waals surface area (Å²) in [4.78, 5) is 36.6. The van der Waals surface area contributed by atoms with Gasteiger partial charge in [0.25, 0.3) is 0 Å². The molecule has 3 aromatic rings. The summed E-state index contributed by atoms with van der Waals surface area (Å²) in [6, 6.07) is 22.9. The number of aromatic nitrogens is 1. The number of aliphatic hydroxyl groups excluding tert-OH is 2. The number of amides is 2. The average molecular weight is 650 g/mol. The Morgan fingerprint density at radius 3 is 2.46 bits per heavy atom. The van der Waals surface area contributed by atoms with E-state index in [0.717, 1.165) is 66.9 Å². The SMILES string of the molecule is CCCC1=C([C@H](O)CC/C(=C/c2cccc(O)c2)c2ccccn2)[C@H](CO)[C@@H]2C(=O)N(C3CCN(Cc4ccccc4)CC3)C(=O)[C@@H]2C1. The third-order valence-corrected chi connectivity index (χ3v) is 10.4. The fraction of sp³-hybridized carbons (Fsp3) is 0.425. The standard InChI is InChI=1S/C40H47N3O5/c1-2-9-30-24-33-38(40(48)43(39(33)47)31-17-20-42(21-18-31)25-27-10-4-3-5-11-27)34(26-44)37(30)36(46)16-15-29(35-14-6-7-19-41-35)22-28-12-8-13-32(45)23-28/h3-8,10-14,19,22-23,31,33-34,36,38,44-46H,2,9,15-18,20-21,24-26H2,1H3/b29-22-/t33-,34+,36-,38-/m1/s1. The number of carbonyl (C=O) groups excluding carboxylic acids is 2. The Morgan fingerprint density at radius 1 is 1.00 bits per heavy atom. The molecule has 0 saturated carbocycles. The van der Waals surface area contributed by atoms with Gasteiger partial charge in [-0.15, -0.1) is 0 Å². The van der Waals surface area contributed by atoms with E-state index in [4.69, 9.17) is 0 Å². The van der Waals surface area contributed by atoms with Crippen molar-refractivity contribution in [3.8, 4) is 5.75 Å². The fourth-order valence-corrected chi connectivity index (χ4v) is 8.15. The van der Waals surface area contributed by atoms with E-state index in [1.165, 1.54) is 10.5 Å². The largest absolute Gasteiger partial charge is 0.508 e. The number of fused-ring (bicyclic) bond motifs is 1. The molecule has 3 aliphatic rings. The Kier molecular flexibility index (Phi) is 10.8. The number of imide groups is 1. The summed E-state index contributed by atoms with van der Waals surface area (Å²) in [7, 11) is 0. The fourth-order valence-electron chi connectivity index (χ4n) is 8.15. The predicted octanol–water partition coefficient (Wildman–Crippen LogP) is 5.84. The van der Waals surface area contributed by atoms with Gasteiger partial charge in [0.15, 0.2) is 0 Å². The number of carbonyl (C=O) groups is 2. The molecule has 0 radical (unpaired) electrons. The van der Waals surface area contributed by atoms with Crippen molar-refractivity contribution < 1.29 is 24.9 Å². The van der Waals surface area contributed by atoms with Crippen molar-refractivity contribution in [3.63, 3.8) is 0 Å². The van der Waals surface area contributed by atoms with Gasteiger partial charge in [0.05, 0.1) is 30.2 Å². The van der Waals surface area contributed by atoms with Crippen molar-refractivity contribution in [2.45, 2.75) is 70.6 Å². The zero-order valence-corrected chi connectivity index (χ0v) is 27.7. The molecule has 2 aromatic carbocycles. The summed E-state index contributed by atoms with van der Waals surface area (Å²) >= 11 is 0. The monoisotopic (exact) mass is 649 g/mol. The molecule has 8 nitrogen and oxygen atoms in total. The van der Waals surface area contributed by atoms with Gasteiger partial charge in [-0.05, 0) is 91.1 Å². The van der Waals surface area contributed by atoms with Crippen molar-refractivity contribution in [1.82, 2.24) is 14.8 Å². The third kappa shape index (κ3) is 7.31. The van der Waals surface area contributed by atoms with Crippen molar-refractivity contribution in [2.24, 2.45) is 17.8 Å². The van der Waals surface area contributed by atoms with Gasteiger partial charge in [0.2, 0.25) is 11.8 Å². The summed E-state index contributed by atoms with van der Waals surface area (Å²) < 4.78 is 0.